The first-order valence-corrected chi connectivity index (χ1v) is 6.55. The van der Waals surface area contributed by atoms with Gasteiger partial charge in [-0.1, -0.05) is 28.9 Å². The summed E-state index contributed by atoms with van der Waals surface area (Å²) in [4.78, 5) is 11.0. The summed E-state index contributed by atoms with van der Waals surface area (Å²) in [6.07, 6.45) is 2.37. The minimum absolute atomic E-state index is 0.104. The Balaban J connectivity index is 2.43. The van der Waals surface area contributed by atoms with Crippen LogP contribution in [0.25, 0.3) is 0 Å². The first kappa shape index (κ1) is 14.0. The van der Waals surface area contributed by atoms with Crippen molar-refractivity contribution in [2.75, 3.05) is 13.7 Å². The van der Waals surface area contributed by atoms with E-state index in [9.17, 15) is 4.79 Å². The molecule has 17 heavy (non-hydrogen) atoms. The van der Waals surface area contributed by atoms with E-state index < -0.39 is 0 Å². The molecular formula is C13H18BrNO2. The molecule has 1 amide bonds. The van der Waals surface area contributed by atoms with Crippen molar-refractivity contribution in [2.45, 2.75) is 26.2 Å². The molecule has 0 fully saturated rings. The molecule has 4 heteroatoms. The Morgan fingerprint density at radius 2 is 2.24 bits per heavy atom. The number of rotatable bonds is 6. The Morgan fingerprint density at radius 1 is 1.47 bits per heavy atom. The highest BCUT2D eigenvalue weighted by Gasteiger charge is 2.03. The summed E-state index contributed by atoms with van der Waals surface area (Å²) in [5.74, 6) is 0.994. The third-order valence-electron chi connectivity index (χ3n) is 2.52. The SMILES string of the molecule is CCC(=O)NCCCc1ccc(Br)cc1OC. The predicted molar refractivity (Wildman–Crippen MR) is 72.3 cm³/mol. The van der Waals surface area contributed by atoms with Crippen molar-refractivity contribution in [1.29, 1.82) is 0 Å². The Labute approximate surface area is 111 Å². The minimum Gasteiger partial charge on any atom is -0.496 e. The van der Waals surface area contributed by atoms with Gasteiger partial charge in [0.1, 0.15) is 5.75 Å². The van der Waals surface area contributed by atoms with Crippen molar-refractivity contribution >= 4 is 21.8 Å². The summed E-state index contributed by atoms with van der Waals surface area (Å²) in [5, 5.41) is 2.86. The summed E-state index contributed by atoms with van der Waals surface area (Å²) < 4.78 is 6.32. The third kappa shape index (κ3) is 4.77. The second-order valence-electron chi connectivity index (χ2n) is 3.76. The molecule has 94 valence electrons. The van der Waals surface area contributed by atoms with Crippen molar-refractivity contribution in [1.82, 2.24) is 5.32 Å². The van der Waals surface area contributed by atoms with Gasteiger partial charge in [-0.05, 0) is 30.5 Å². The molecule has 1 aromatic rings. The molecule has 0 unspecified atom stereocenters. The molecule has 1 aromatic carbocycles. The quantitative estimate of drug-likeness (QED) is 0.820. The molecule has 0 saturated carbocycles. The number of nitrogens with one attached hydrogen (secondary N) is 1. The fraction of sp³-hybridized carbons (Fsp3) is 0.462. The van der Waals surface area contributed by atoms with Gasteiger partial charge in [0.05, 0.1) is 7.11 Å². The van der Waals surface area contributed by atoms with Crippen LogP contribution >= 0.6 is 15.9 Å². The third-order valence-corrected chi connectivity index (χ3v) is 3.01. The van der Waals surface area contributed by atoms with Crippen LogP contribution in [0.15, 0.2) is 22.7 Å². The zero-order valence-corrected chi connectivity index (χ0v) is 11.8. The molecule has 0 aliphatic heterocycles. The molecule has 0 bridgehead atoms. The van der Waals surface area contributed by atoms with Gasteiger partial charge in [-0.25, -0.2) is 0 Å². The number of aryl methyl sites for hydroxylation is 1. The molecule has 0 atom stereocenters. The topological polar surface area (TPSA) is 38.3 Å². The largest absolute Gasteiger partial charge is 0.496 e. The van der Waals surface area contributed by atoms with E-state index in [1.807, 2.05) is 25.1 Å². The zero-order valence-electron chi connectivity index (χ0n) is 10.3. The highest BCUT2D eigenvalue weighted by atomic mass is 79.9. The molecular weight excluding hydrogens is 282 g/mol. The van der Waals surface area contributed by atoms with Gasteiger partial charge < -0.3 is 10.1 Å². The van der Waals surface area contributed by atoms with Crippen LogP contribution in [-0.2, 0) is 11.2 Å². The van der Waals surface area contributed by atoms with E-state index in [0.29, 0.717) is 13.0 Å². The van der Waals surface area contributed by atoms with Gasteiger partial charge in [0.25, 0.3) is 0 Å². The van der Waals surface area contributed by atoms with E-state index in [4.69, 9.17) is 4.74 Å². The average Bonchev–Trinajstić information content (AvgIpc) is 2.35. The second kappa shape index (κ2) is 7.33. The number of halogens is 1. The molecule has 0 aliphatic rings. The van der Waals surface area contributed by atoms with Crippen molar-refractivity contribution < 1.29 is 9.53 Å². The summed E-state index contributed by atoms with van der Waals surface area (Å²) in [7, 11) is 1.67. The molecule has 0 saturated heterocycles. The van der Waals surface area contributed by atoms with Crippen LogP contribution in [0.3, 0.4) is 0 Å². The average molecular weight is 300 g/mol. The van der Waals surface area contributed by atoms with Gasteiger partial charge in [0, 0.05) is 17.4 Å². The van der Waals surface area contributed by atoms with Crippen LogP contribution < -0.4 is 10.1 Å². The highest BCUT2D eigenvalue weighted by Crippen LogP contribution is 2.24. The van der Waals surface area contributed by atoms with Crippen molar-refractivity contribution in [2.24, 2.45) is 0 Å². The summed E-state index contributed by atoms with van der Waals surface area (Å²) in [6, 6.07) is 6.01. The first-order valence-electron chi connectivity index (χ1n) is 5.76. The zero-order chi connectivity index (χ0) is 12.7. The van der Waals surface area contributed by atoms with E-state index in [1.165, 1.54) is 5.56 Å². The van der Waals surface area contributed by atoms with Crippen LogP contribution in [0.1, 0.15) is 25.3 Å². The lowest BCUT2D eigenvalue weighted by Crippen LogP contribution is -2.23. The number of hydrogen-bond donors (Lipinski definition) is 1. The smallest absolute Gasteiger partial charge is 0.219 e. The number of ether oxygens (including phenoxy) is 1. The van der Waals surface area contributed by atoms with E-state index in [0.717, 1.165) is 23.1 Å². The van der Waals surface area contributed by atoms with Crippen LogP contribution in [0.5, 0.6) is 5.75 Å². The molecule has 1 N–H and O–H groups in total. The maximum atomic E-state index is 11.0. The van der Waals surface area contributed by atoms with Crippen LogP contribution in [0, 0.1) is 0 Å². The maximum Gasteiger partial charge on any atom is 0.219 e. The van der Waals surface area contributed by atoms with E-state index >= 15 is 0 Å². The fourth-order valence-corrected chi connectivity index (χ4v) is 1.90. The van der Waals surface area contributed by atoms with E-state index in [-0.39, 0.29) is 5.91 Å². The van der Waals surface area contributed by atoms with E-state index in [2.05, 4.69) is 21.2 Å². The van der Waals surface area contributed by atoms with E-state index in [1.54, 1.807) is 7.11 Å². The molecule has 1 rings (SSSR count). The van der Waals surface area contributed by atoms with Crippen LogP contribution in [0.4, 0.5) is 0 Å². The monoisotopic (exact) mass is 299 g/mol. The van der Waals surface area contributed by atoms with Crippen LogP contribution in [0.2, 0.25) is 0 Å². The van der Waals surface area contributed by atoms with Gasteiger partial charge in [0.15, 0.2) is 0 Å². The Morgan fingerprint density at radius 3 is 2.88 bits per heavy atom. The lowest BCUT2D eigenvalue weighted by Gasteiger charge is -2.09. The molecule has 0 spiro atoms. The molecule has 0 heterocycles. The second-order valence-corrected chi connectivity index (χ2v) is 4.68. The number of methoxy groups -OCH3 is 1. The standard InChI is InChI=1S/C13H18BrNO2/c1-3-13(16)15-8-4-5-10-6-7-11(14)9-12(10)17-2/h6-7,9H,3-5,8H2,1-2H3,(H,15,16). The van der Waals surface area contributed by atoms with Gasteiger partial charge in [0.2, 0.25) is 5.91 Å². The molecule has 0 aliphatic carbocycles. The number of hydrogen-bond acceptors (Lipinski definition) is 2. The molecule has 3 nitrogen and oxygen atoms in total. The summed E-state index contributed by atoms with van der Waals surface area (Å²) in [5.41, 5.74) is 1.17. The van der Waals surface area contributed by atoms with Gasteiger partial charge >= 0.3 is 0 Å². The van der Waals surface area contributed by atoms with Gasteiger partial charge in [-0.3, -0.25) is 4.79 Å². The number of benzene rings is 1. The van der Waals surface area contributed by atoms with Crippen molar-refractivity contribution in [3.05, 3.63) is 28.2 Å². The van der Waals surface area contributed by atoms with Gasteiger partial charge in [-0.2, -0.15) is 0 Å². The Hall–Kier alpha value is -1.03. The van der Waals surface area contributed by atoms with Gasteiger partial charge in [-0.15, -0.1) is 0 Å². The predicted octanol–water partition coefficient (Wildman–Crippen LogP) is 2.92. The maximum absolute atomic E-state index is 11.0. The Bertz CT molecular complexity index is 380. The summed E-state index contributed by atoms with van der Waals surface area (Å²) >= 11 is 3.41. The highest BCUT2D eigenvalue weighted by molar-refractivity contribution is 9.10. The van der Waals surface area contributed by atoms with Crippen molar-refractivity contribution in [3.63, 3.8) is 0 Å². The summed E-state index contributed by atoms with van der Waals surface area (Å²) in [6.45, 7) is 2.57. The molecule has 0 aromatic heterocycles. The number of carbonyl (C=O) groups is 1. The minimum atomic E-state index is 0.104. The normalized spacial score (nSPS) is 10.1. The molecule has 0 radical (unpaired) electrons. The Kier molecular flexibility index (Phi) is 6.05. The lowest BCUT2D eigenvalue weighted by molar-refractivity contribution is -0.120. The van der Waals surface area contributed by atoms with Crippen molar-refractivity contribution in [3.8, 4) is 5.75 Å². The first-order chi connectivity index (χ1) is 8.17. The lowest BCUT2D eigenvalue weighted by atomic mass is 10.1. The van der Waals surface area contributed by atoms with Crippen LogP contribution in [-0.4, -0.2) is 19.6 Å². The fourth-order valence-electron chi connectivity index (χ4n) is 1.56. The number of carbonyl (C=O) groups excluding carboxylic acids is 1. The number of amides is 1.